The fourth-order valence-corrected chi connectivity index (χ4v) is 2.14. The third-order valence-electron chi connectivity index (χ3n) is 3.32. The van der Waals surface area contributed by atoms with Gasteiger partial charge in [0, 0.05) is 11.1 Å². The van der Waals surface area contributed by atoms with Crippen LogP contribution in [0.4, 0.5) is 11.4 Å². The Bertz CT molecular complexity index is 816. The molecule has 0 saturated carbocycles. The van der Waals surface area contributed by atoms with Crippen LogP contribution < -0.4 is 10.1 Å². The van der Waals surface area contributed by atoms with Crippen LogP contribution in [0.25, 0.3) is 10.9 Å². The molecule has 0 saturated heterocycles. The summed E-state index contributed by atoms with van der Waals surface area (Å²) in [5.74, 6) is 0.201. The number of hydrogen-bond acceptors (Lipinski definition) is 5. The van der Waals surface area contributed by atoms with Gasteiger partial charge in [0.25, 0.3) is 0 Å². The number of carbonyl (C=O) groups is 1. The van der Waals surface area contributed by atoms with Gasteiger partial charge in [-0.3, -0.25) is 4.98 Å². The van der Waals surface area contributed by atoms with Gasteiger partial charge >= 0.3 is 5.97 Å². The average molecular weight is 308 g/mol. The SMILES string of the molecule is COC(=O)COc1ccc(Nc2cnc3ccccc3c2)cc1. The largest absolute Gasteiger partial charge is 0.482 e. The lowest BCUT2D eigenvalue weighted by molar-refractivity contribution is -0.142. The van der Waals surface area contributed by atoms with Crippen LogP contribution in [0.2, 0.25) is 0 Å². The first kappa shape index (κ1) is 14.8. The number of fused-ring (bicyclic) bond motifs is 1. The molecule has 0 amide bonds. The van der Waals surface area contributed by atoms with Gasteiger partial charge in [0.1, 0.15) is 5.75 Å². The molecule has 1 N–H and O–H groups in total. The highest BCUT2D eigenvalue weighted by molar-refractivity contribution is 5.82. The van der Waals surface area contributed by atoms with Crippen LogP contribution in [-0.4, -0.2) is 24.7 Å². The maximum absolute atomic E-state index is 11.0. The molecule has 1 aromatic heterocycles. The lowest BCUT2D eigenvalue weighted by atomic mass is 10.2. The smallest absolute Gasteiger partial charge is 0.343 e. The van der Waals surface area contributed by atoms with Crippen LogP contribution in [0.3, 0.4) is 0 Å². The number of nitrogens with one attached hydrogen (secondary N) is 1. The van der Waals surface area contributed by atoms with Crippen LogP contribution >= 0.6 is 0 Å². The maximum atomic E-state index is 11.0. The highest BCUT2D eigenvalue weighted by Crippen LogP contribution is 2.22. The van der Waals surface area contributed by atoms with Crippen molar-refractivity contribution in [3.05, 3.63) is 60.8 Å². The summed E-state index contributed by atoms with van der Waals surface area (Å²) in [6.07, 6.45) is 1.80. The number of pyridine rings is 1. The summed E-state index contributed by atoms with van der Waals surface area (Å²) < 4.78 is 9.83. The Balaban J connectivity index is 1.68. The van der Waals surface area contributed by atoms with Crippen molar-refractivity contribution in [3.63, 3.8) is 0 Å². The predicted octanol–water partition coefficient (Wildman–Crippen LogP) is 3.53. The third kappa shape index (κ3) is 3.77. The van der Waals surface area contributed by atoms with E-state index >= 15 is 0 Å². The molecule has 23 heavy (non-hydrogen) atoms. The van der Waals surface area contributed by atoms with Crippen molar-refractivity contribution in [2.24, 2.45) is 0 Å². The maximum Gasteiger partial charge on any atom is 0.343 e. The molecule has 0 atom stereocenters. The highest BCUT2D eigenvalue weighted by Gasteiger charge is 2.02. The van der Waals surface area contributed by atoms with E-state index in [-0.39, 0.29) is 6.61 Å². The summed E-state index contributed by atoms with van der Waals surface area (Å²) in [5, 5.41) is 4.37. The van der Waals surface area contributed by atoms with Gasteiger partial charge in [0.05, 0.1) is 24.5 Å². The Morgan fingerprint density at radius 1 is 1.09 bits per heavy atom. The molecule has 5 nitrogen and oxygen atoms in total. The third-order valence-corrected chi connectivity index (χ3v) is 3.32. The normalized spacial score (nSPS) is 10.3. The molecule has 3 aromatic rings. The molecule has 5 heteroatoms. The molecule has 0 aliphatic heterocycles. The number of ether oxygens (including phenoxy) is 2. The molecule has 3 rings (SSSR count). The standard InChI is InChI=1S/C18H16N2O3/c1-22-18(21)12-23-16-8-6-14(7-9-16)20-15-10-13-4-2-3-5-17(13)19-11-15/h2-11,20H,12H2,1H3. The minimum absolute atomic E-state index is 0.0993. The molecule has 0 bridgehead atoms. The van der Waals surface area contributed by atoms with E-state index < -0.39 is 5.97 Å². The van der Waals surface area contributed by atoms with Crippen molar-refractivity contribution in [2.45, 2.75) is 0 Å². The van der Waals surface area contributed by atoms with E-state index in [4.69, 9.17) is 4.74 Å². The number of hydrogen-bond donors (Lipinski definition) is 1. The Labute approximate surface area is 133 Å². The minimum atomic E-state index is -0.408. The zero-order chi connectivity index (χ0) is 16.1. The van der Waals surface area contributed by atoms with Crippen molar-refractivity contribution in [1.29, 1.82) is 0 Å². The monoisotopic (exact) mass is 308 g/mol. The van der Waals surface area contributed by atoms with E-state index in [1.165, 1.54) is 7.11 Å². The van der Waals surface area contributed by atoms with Crippen molar-refractivity contribution in [3.8, 4) is 5.75 Å². The second-order valence-electron chi connectivity index (χ2n) is 4.93. The van der Waals surface area contributed by atoms with Gasteiger partial charge in [-0.15, -0.1) is 0 Å². The van der Waals surface area contributed by atoms with Crippen LogP contribution in [0, 0.1) is 0 Å². The second-order valence-corrected chi connectivity index (χ2v) is 4.93. The number of rotatable bonds is 5. The van der Waals surface area contributed by atoms with E-state index in [9.17, 15) is 4.79 Å². The Morgan fingerprint density at radius 3 is 2.65 bits per heavy atom. The summed E-state index contributed by atoms with van der Waals surface area (Å²) >= 11 is 0. The fourth-order valence-electron chi connectivity index (χ4n) is 2.14. The van der Waals surface area contributed by atoms with Crippen molar-refractivity contribution < 1.29 is 14.3 Å². The van der Waals surface area contributed by atoms with Gasteiger partial charge < -0.3 is 14.8 Å². The number of anilines is 2. The second kappa shape index (κ2) is 6.79. The first-order chi connectivity index (χ1) is 11.2. The van der Waals surface area contributed by atoms with Crippen LogP contribution in [0.1, 0.15) is 0 Å². The van der Waals surface area contributed by atoms with Gasteiger partial charge in [-0.05, 0) is 36.4 Å². The molecule has 0 spiro atoms. The van der Waals surface area contributed by atoms with Crippen molar-refractivity contribution >= 4 is 28.2 Å². The Kier molecular flexibility index (Phi) is 4.38. The number of para-hydroxylation sites is 1. The molecule has 116 valence electrons. The number of nitrogens with zero attached hydrogens (tertiary/aromatic N) is 1. The van der Waals surface area contributed by atoms with Crippen LogP contribution in [-0.2, 0) is 9.53 Å². The van der Waals surface area contributed by atoms with Crippen molar-refractivity contribution in [1.82, 2.24) is 4.98 Å². The molecule has 0 aliphatic carbocycles. The first-order valence-electron chi connectivity index (χ1n) is 7.16. The lowest BCUT2D eigenvalue weighted by Crippen LogP contribution is -2.12. The van der Waals surface area contributed by atoms with Gasteiger partial charge in [0.15, 0.2) is 6.61 Å². The zero-order valence-electron chi connectivity index (χ0n) is 12.7. The predicted molar refractivity (Wildman–Crippen MR) is 89.0 cm³/mol. The summed E-state index contributed by atoms with van der Waals surface area (Å²) in [7, 11) is 1.33. The number of benzene rings is 2. The quantitative estimate of drug-likeness (QED) is 0.731. The van der Waals surface area contributed by atoms with Crippen LogP contribution in [0.5, 0.6) is 5.75 Å². The van der Waals surface area contributed by atoms with E-state index in [0.717, 1.165) is 22.3 Å². The Hall–Kier alpha value is -3.08. The summed E-state index contributed by atoms with van der Waals surface area (Å²) in [6.45, 7) is -0.0993. The Morgan fingerprint density at radius 2 is 1.87 bits per heavy atom. The van der Waals surface area contributed by atoms with E-state index in [1.807, 2.05) is 42.5 Å². The van der Waals surface area contributed by atoms with Crippen molar-refractivity contribution in [2.75, 3.05) is 19.0 Å². The average Bonchev–Trinajstić information content (AvgIpc) is 2.60. The molecule has 0 aliphatic rings. The van der Waals surface area contributed by atoms with Crippen LogP contribution in [0.15, 0.2) is 60.8 Å². The van der Waals surface area contributed by atoms with Gasteiger partial charge in [-0.25, -0.2) is 4.79 Å². The van der Waals surface area contributed by atoms with E-state index in [0.29, 0.717) is 5.75 Å². The molecule has 0 unspecified atom stereocenters. The number of methoxy groups -OCH3 is 1. The number of aromatic nitrogens is 1. The van der Waals surface area contributed by atoms with Gasteiger partial charge in [-0.2, -0.15) is 0 Å². The lowest BCUT2D eigenvalue weighted by Gasteiger charge is -2.09. The zero-order valence-corrected chi connectivity index (χ0v) is 12.7. The molecule has 0 fully saturated rings. The molecular formula is C18H16N2O3. The molecular weight excluding hydrogens is 292 g/mol. The molecule has 2 aromatic carbocycles. The number of esters is 1. The van der Waals surface area contributed by atoms with Gasteiger partial charge in [0.2, 0.25) is 0 Å². The topological polar surface area (TPSA) is 60.5 Å². The summed E-state index contributed by atoms with van der Waals surface area (Å²) in [6, 6.07) is 17.3. The van der Waals surface area contributed by atoms with E-state index in [1.54, 1.807) is 18.3 Å². The van der Waals surface area contributed by atoms with E-state index in [2.05, 4.69) is 15.0 Å². The summed E-state index contributed by atoms with van der Waals surface area (Å²) in [5.41, 5.74) is 2.78. The fraction of sp³-hybridized carbons (Fsp3) is 0.111. The first-order valence-corrected chi connectivity index (χ1v) is 7.16. The van der Waals surface area contributed by atoms with Gasteiger partial charge in [-0.1, -0.05) is 18.2 Å². The highest BCUT2D eigenvalue weighted by atomic mass is 16.6. The molecule has 0 radical (unpaired) electrons. The molecule has 1 heterocycles. The minimum Gasteiger partial charge on any atom is -0.482 e. The summed E-state index contributed by atoms with van der Waals surface area (Å²) in [4.78, 5) is 15.4. The number of carbonyl (C=O) groups excluding carboxylic acids is 1.